The zero-order chi connectivity index (χ0) is 9.84. The molecule has 76 valence electrons. The fraction of sp³-hybridized carbons (Fsp3) is 0.900. The standard InChI is InChI=1S/C10H17FO2/c1-7(11)6-8-4-2-3-5-9(8)10(12)13/h7-9H,2-6H2,1H3,(H,12,13). The van der Waals surface area contributed by atoms with Crippen LogP contribution in [0.1, 0.15) is 39.0 Å². The van der Waals surface area contributed by atoms with Gasteiger partial charge in [0.05, 0.1) is 12.1 Å². The van der Waals surface area contributed by atoms with E-state index in [1.807, 2.05) is 0 Å². The van der Waals surface area contributed by atoms with E-state index in [2.05, 4.69) is 0 Å². The van der Waals surface area contributed by atoms with E-state index in [0.29, 0.717) is 6.42 Å². The number of rotatable bonds is 3. The van der Waals surface area contributed by atoms with Crippen molar-refractivity contribution in [2.75, 3.05) is 0 Å². The molecule has 3 heteroatoms. The van der Waals surface area contributed by atoms with Crippen LogP contribution in [0.3, 0.4) is 0 Å². The molecule has 1 aliphatic carbocycles. The quantitative estimate of drug-likeness (QED) is 0.739. The lowest BCUT2D eigenvalue weighted by Crippen LogP contribution is -2.28. The first-order valence-corrected chi connectivity index (χ1v) is 4.98. The molecule has 0 saturated heterocycles. The largest absolute Gasteiger partial charge is 0.481 e. The van der Waals surface area contributed by atoms with Gasteiger partial charge in [0.2, 0.25) is 0 Å². The Morgan fingerprint density at radius 3 is 2.69 bits per heavy atom. The van der Waals surface area contributed by atoms with E-state index in [-0.39, 0.29) is 11.8 Å². The summed E-state index contributed by atoms with van der Waals surface area (Å²) in [5.74, 6) is -0.983. The summed E-state index contributed by atoms with van der Waals surface area (Å²) < 4.78 is 12.7. The Kier molecular flexibility index (Phi) is 3.70. The lowest BCUT2D eigenvalue weighted by Gasteiger charge is -2.28. The summed E-state index contributed by atoms with van der Waals surface area (Å²) in [5.41, 5.74) is 0. The van der Waals surface area contributed by atoms with Gasteiger partial charge in [0.25, 0.3) is 0 Å². The zero-order valence-electron chi connectivity index (χ0n) is 8.00. The van der Waals surface area contributed by atoms with Crippen molar-refractivity contribution in [3.05, 3.63) is 0 Å². The minimum absolute atomic E-state index is 0.0613. The fourth-order valence-corrected chi connectivity index (χ4v) is 2.23. The molecular formula is C10H17FO2. The van der Waals surface area contributed by atoms with Crippen molar-refractivity contribution in [3.8, 4) is 0 Å². The minimum Gasteiger partial charge on any atom is -0.481 e. The van der Waals surface area contributed by atoms with Gasteiger partial charge in [0, 0.05) is 0 Å². The molecule has 0 aromatic heterocycles. The van der Waals surface area contributed by atoms with Crippen molar-refractivity contribution in [2.45, 2.75) is 45.2 Å². The van der Waals surface area contributed by atoms with E-state index in [0.717, 1.165) is 25.7 Å². The summed E-state index contributed by atoms with van der Waals surface area (Å²) in [6.07, 6.45) is 3.19. The lowest BCUT2D eigenvalue weighted by atomic mass is 9.77. The highest BCUT2D eigenvalue weighted by molar-refractivity contribution is 5.70. The van der Waals surface area contributed by atoms with Crippen LogP contribution in [0.4, 0.5) is 4.39 Å². The maximum Gasteiger partial charge on any atom is 0.306 e. The van der Waals surface area contributed by atoms with Crippen molar-refractivity contribution in [1.29, 1.82) is 0 Å². The van der Waals surface area contributed by atoms with Crippen LogP contribution in [0.5, 0.6) is 0 Å². The van der Waals surface area contributed by atoms with Crippen molar-refractivity contribution >= 4 is 5.97 Å². The van der Waals surface area contributed by atoms with Gasteiger partial charge < -0.3 is 5.11 Å². The maximum atomic E-state index is 12.7. The van der Waals surface area contributed by atoms with Crippen LogP contribution in [0.2, 0.25) is 0 Å². The number of carboxylic acid groups (broad SMARTS) is 1. The molecule has 1 aliphatic rings. The fourth-order valence-electron chi connectivity index (χ4n) is 2.23. The average molecular weight is 188 g/mol. The normalized spacial score (nSPS) is 31.2. The molecule has 1 fully saturated rings. The number of carbonyl (C=O) groups is 1. The molecule has 2 nitrogen and oxygen atoms in total. The Hall–Kier alpha value is -0.600. The van der Waals surface area contributed by atoms with E-state index in [9.17, 15) is 9.18 Å². The second-order valence-electron chi connectivity index (χ2n) is 4.01. The van der Waals surface area contributed by atoms with Crippen molar-refractivity contribution in [3.63, 3.8) is 0 Å². The van der Waals surface area contributed by atoms with Gasteiger partial charge in [0.15, 0.2) is 0 Å². The second kappa shape index (κ2) is 4.58. The molecular weight excluding hydrogens is 171 g/mol. The van der Waals surface area contributed by atoms with Crippen LogP contribution >= 0.6 is 0 Å². The third-order valence-corrected chi connectivity index (χ3v) is 2.85. The van der Waals surface area contributed by atoms with Gasteiger partial charge in [-0.2, -0.15) is 0 Å². The highest BCUT2D eigenvalue weighted by atomic mass is 19.1. The van der Waals surface area contributed by atoms with Crippen LogP contribution < -0.4 is 0 Å². The molecule has 3 unspecified atom stereocenters. The third kappa shape index (κ3) is 2.98. The van der Waals surface area contributed by atoms with E-state index in [4.69, 9.17) is 5.11 Å². The van der Waals surface area contributed by atoms with Gasteiger partial charge in [-0.25, -0.2) is 4.39 Å². The highest BCUT2D eigenvalue weighted by Crippen LogP contribution is 2.33. The van der Waals surface area contributed by atoms with Crippen molar-refractivity contribution in [2.24, 2.45) is 11.8 Å². The number of alkyl halides is 1. The molecule has 0 amide bonds. The van der Waals surface area contributed by atoms with Crippen molar-refractivity contribution in [1.82, 2.24) is 0 Å². The summed E-state index contributed by atoms with van der Waals surface area (Å²) in [6, 6.07) is 0. The molecule has 0 spiro atoms. The molecule has 3 atom stereocenters. The molecule has 1 saturated carbocycles. The molecule has 13 heavy (non-hydrogen) atoms. The summed E-state index contributed by atoms with van der Waals surface area (Å²) >= 11 is 0. The molecule has 0 aromatic carbocycles. The molecule has 1 rings (SSSR count). The van der Waals surface area contributed by atoms with E-state index < -0.39 is 12.1 Å². The number of carboxylic acids is 1. The Balaban J connectivity index is 2.51. The van der Waals surface area contributed by atoms with Gasteiger partial charge in [-0.1, -0.05) is 12.8 Å². The van der Waals surface area contributed by atoms with Gasteiger partial charge in [-0.15, -0.1) is 0 Å². The van der Waals surface area contributed by atoms with Crippen LogP contribution in [-0.2, 0) is 4.79 Å². The van der Waals surface area contributed by atoms with Crippen LogP contribution in [-0.4, -0.2) is 17.2 Å². The molecule has 0 bridgehead atoms. The Labute approximate surface area is 78.1 Å². The SMILES string of the molecule is CC(F)CC1CCCCC1C(=O)O. The smallest absolute Gasteiger partial charge is 0.306 e. The zero-order valence-corrected chi connectivity index (χ0v) is 8.00. The average Bonchev–Trinajstić information content (AvgIpc) is 2.03. The van der Waals surface area contributed by atoms with Crippen LogP contribution in [0.15, 0.2) is 0 Å². The first kappa shape index (κ1) is 10.5. The lowest BCUT2D eigenvalue weighted by molar-refractivity contribution is -0.145. The van der Waals surface area contributed by atoms with E-state index >= 15 is 0 Å². The number of aliphatic carboxylic acids is 1. The summed E-state index contributed by atoms with van der Waals surface area (Å²) in [4.78, 5) is 10.8. The molecule has 0 aliphatic heterocycles. The monoisotopic (exact) mass is 188 g/mol. The topological polar surface area (TPSA) is 37.3 Å². The summed E-state index contributed by atoms with van der Waals surface area (Å²) in [6.45, 7) is 1.51. The van der Waals surface area contributed by atoms with E-state index in [1.54, 1.807) is 0 Å². The Morgan fingerprint density at radius 2 is 2.15 bits per heavy atom. The predicted octanol–water partition coefficient (Wildman–Crippen LogP) is 2.63. The number of halogens is 1. The minimum atomic E-state index is -0.870. The Bertz CT molecular complexity index is 180. The van der Waals surface area contributed by atoms with Gasteiger partial charge >= 0.3 is 5.97 Å². The molecule has 0 aromatic rings. The predicted molar refractivity (Wildman–Crippen MR) is 48.3 cm³/mol. The van der Waals surface area contributed by atoms with Crippen molar-refractivity contribution < 1.29 is 14.3 Å². The highest BCUT2D eigenvalue weighted by Gasteiger charge is 2.31. The molecule has 0 radical (unpaired) electrons. The third-order valence-electron chi connectivity index (χ3n) is 2.85. The van der Waals surface area contributed by atoms with Crippen LogP contribution in [0.25, 0.3) is 0 Å². The van der Waals surface area contributed by atoms with Gasteiger partial charge in [0.1, 0.15) is 0 Å². The Morgan fingerprint density at radius 1 is 1.54 bits per heavy atom. The number of hydrogen-bond acceptors (Lipinski definition) is 1. The first-order chi connectivity index (χ1) is 6.11. The van der Waals surface area contributed by atoms with Gasteiger partial charge in [-0.05, 0) is 32.1 Å². The van der Waals surface area contributed by atoms with Gasteiger partial charge in [-0.3, -0.25) is 4.79 Å². The van der Waals surface area contributed by atoms with E-state index in [1.165, 1.54) is 6.92 Å². The van der Waals surface area contributed by atoms with Crippen LogP contribution in [0, 0.1) is 11.8 Å². The molecule has 0 heterocycles. The molecule has 1 N–H and O–H groups in total. The second-order valence-corrected chi connectivity index (χ2v) is 4.01. The maximum absolute atomic E-state index is 12.7. The summed E-state index contributed by atoms with van der Waals surface area (Å²) in [5, 5.41) is 8.90. The summed E-state index contributed by atoms with van der Waals surface area (Å²) in [7, 11) is 0. The number of hydrogen-bond donors (Lipinski definition) is 1. The first-order valence-electron chi connectivity index (χ1n) is 4.98.